The van der Waals surface area contributed by atoms with Crippen LogP contribution in [0.3, 0.4) is 0 Å². The van der Waals surface area contributed by atoms with E-state index in [1.54, 1.807) is 0 Å². The lowest BCUT2D eigenvalue weighted by molar-refractivity contribution is -0.136. The Morgan fingerprint density at radius 1 is 1.50 bits per heavy atom. The summed E-state index contributed by atoms with van der Waals surface area (Å²) in [6.45, 7) is 0.949. The number of carboxylic acids is 1. The molecular formula is C10H14N2O2. The molecule has 0 bridgehead atoms. The van der Waals surface area contributed by atoms with E-state index in [0.29, 0.717) is 17.7 Å². The van der Waals surface area contributed by atoms with Gasteiger partial charge in [-0.15, -0.1) is 0 Å². The van der Waals surface area contributed by atoms with Gasteiger partial charge in [-0.1, -0.05) is 6.42 Å². The number of rotatable bonds is 1. The maximum atomic E-state index is 11.1. The molecule has 3 aliphatic rings. The van der Waals surface area contributed by atoms with E-state index in [1.165, 1.54) is 18.4 Å². The highest BCUT2D eigenvalue weighted by atomic mass is 16.4. The third-order valence-electron chi connectivity index (χ3n) is 3.67. The quantitative estimate of drug-likeness (QED) is 0.645. The number of hydrogen-bond acceptors (Lipinski definition) is 3. The Kier molecular flexibility index (Phi) is 1.62. The van der Waals surface area contributed by atoms with Crippen molar-refractivity contribution in [3.05, 3.63) is 11.3 Å². The van der Waals surface area contributed by atoms with Crippen LogP contribution in [-0.4, -0.2) is 28.7 Å². The maximum absolute atomic E-state index is 11.1. The van der Waals surface area contributed by atoms with Gasteiger partial charge in [0.1, 0.15) is 5.70 Å². The highest BCUT2D eigenvalue weighted by Gasteiger charge is 2.48. The SMILES string of the molecule is O=C(O)C1=C2CCCCC2C2CNN12. The van der Waals surface area contributed by atoms with E-state index in [1.807, 2.05) is 5.01 Å². The minimum Gasteiger partial charge on any atom is -0.477 e. The average Bonchev–Trinajstić information content (AvgIpc) is 2.34. The number of aliphatic carboxylic acids is 1. The van der Waals surface area contributed by atoms with E-state index in [-0.39, 0.29) is 0 Å². The Bertz CT molecular complexity index is 324. The average molecular weight is 194 g/mol. The molecular weight excluding hydrogens is 180 g/mol. The Hall–Kier alpha value is -1.03. The van der Waals surface area contributed by atoms with Crippen molar-refractivity contribution in [2.75, 3.05) is 6.54 Å². The minimum atomic E-state index is -0.762. The molecule has 76 valence electrons. The van der Waals surface area contributed by atoms with Crippen molar-refractivity contribution in [1.29, 1.82) is 0 Å². The summed E-state index contributed by atoms with van der Waals surface area (Å²) in [4.78, 5) is 11.1. The molecule has 1 saturated carbocycles. The highest BCUT2D eigenvalue weighted by molar-refractivity contribution is 5.88. The summed E-state index contributed by atoms with van der Waals surface area (Å²) in [6.07, 6.45) is 4.57. The van der Waals surface area contributed by atoms with E-state index >= 15 is 0 Å². The third kappa shape index (κ3) is 0.892. The van der Waals surface area contributed by atoms with Crippen LogP contribution in [0.4, 0.5) is 0 Å². The van der Waals surface area contributed by atoms with E-state index < -0.39 is 5.97 Å². The van der Waals surface area contributed by atoms with Crippen LogP contribution in [0, 0.1) is 5.92 Å². The summed E-state index contributed by atoms with van der Waals surface area (Å²) >= 11 is 0. The molecule has 0 aromatic heterocycles. The molecule has 0 aromatic carbocycles. The lowest BCUT2D eigenvalue weighted by Crippen LogP contribution is -2.61. The van der Waals surface area contributed by atoms with Gasteiger partial charge in [0.15, 0.2) is 0 Å². The van der Waals surface area contributed by atoms with E-state index in [0.717, 1.165) is 19.4 Å². The molecule has 0 radical (unpaired) electrons. The fourth-order valence-electron chi connectivity index (χ4n) is 3.01. The first-order chi connectivity index (χ1) is 6.79. The summed E-state index contributed by atoms with van der Waals surface area (Å²) in [7, 11) is 0. The Morgan fingerprint density at radius 2 is 2.36 bits per heavy atom. The van der Waals surface area contributed by atoms with Gasteiger partial charge >= 0.3 is 5.97 Å². The van der Waals surface area contributed by atoms with Crippen LogP contribution in [0.15, 0.2) is 11.3 Å². The zero-order valence-electron chi connectivity index (χ0n) is 7.99. The van der Waals surface area contributed by atoms with Crippen LogP contribution in [0.1, 0.15) is 25.7 Å². The first-order valence-corrected chi connectivity index (χ1v) is 5.28. The van der Waals surface area contributed by atoms with Gasteiger partial charge in [0.05, 0.1) is 6.04 Å². The van der Waals surface area contributed by atoms with Crippen molar-refractivity contribution in [3.63, 3.8) is 0 Å². The second-order valence-electron chi connectivity index (χ2n) is 4.33. The number of fused-ring (bicyclic) bond motifs is 3. The number of nitrogens with zero attached hydrogens (tertiary/aromatic N) is 1. The Labute approximate surface area is 82.6 Å². The van der Waals surface area contributed by atoms with Gasteiger partial charge < -0.3 is 5.11 Å². The van der Waals surface area contributed by atoms with Crippen molar-refractivity contribution in [3.8, 4) is 0 Å². The van der Waals surface area contributed by atoms with Crippen molar-refractivity contribution >= 4 is 5.97 Å². The van der Waals surface area contributed by atoms with Crippen LogP contribution >= 0.6 is 0 Å². The largest absolute Gasteiger partial charge is 0.477 e. The molecule has 2 N–H and O–H groups in total. The summed E-state index contributed by atoms with van der Waals surface area (Å²) < 4.78 is 0. The molecule has 4 heteroatoms. The molecule has 2 atom stereocenters. The molecule has 0 amide bonds. The third-order valence-corrected chi connectivity index (χ3v) is 3.67. The number of hydrogen-bond donors (Lipinski definition) is 2. The highest BCUT2D eigenvalue weighted by Crippen LogP contribution is 2.44. The van der Waals surface area contributed by atoms with Crippen LogP contribution < -0.4 is 5.43 Å². The molecule has 0 spiro atoms. The molecule has 3 rings (SSSR count). The number of carboxylic acid groups (broad SMARTS) is 1. The summed E-state index contributed by atoms with van der Waals surface area (Å²) in [6, 6.07) is 0.441. The first-order valence-electron chi connectivity index (χ1n) is 5.28. The molecule has 2 fully saturated rings. The van der Waals surface area contributed by atoms with Gasteiger partial charge in [0.2, 0.25) is 0 Å². The fourth-order valence-corrected chi connectivity index (χ4v) is 3.01. The van der Waals surface area contributed by atoms with Gasteiger partial charge in [0, 0.05) is 12.5 Å². The van der Waals surface area contributed by atoms with E-state index in [4.69, 9.17) is 5.11 Å². The van der Waals surface area contributed by atoms with Gasteiger partial charge in [-0.3, -0.25) is 5.01 Å². The van der Waals surface area contributed by atoms with Crippen molar-refractivity contribution in [2.24, 2.45) is 5.92 Å². The number of hydrazine groups is 1. The second kappa shape index (κ2) is 2.73. The summed E-state index contributed by atoms with van der Waals surface area (Å²) in [5.74, 6) is -0.238. The molecule has 1 saturated heterocycles. The lowest BCUT2D eigenvalue weighted by Gasteiger charge is -2.41. The molecule has 2 unspecified atom stereocenters. The second-order valence-corrected chi connectivity index (χ2v) is 4.33. The van der Waals surface area contributed by atoms with Gasteiger partial charge in [-0.2, -0.15) is 0 Å². The lowest BCUT2D eigenvalue weighted by atomic mass is 9.81. The summed E-state index contributed by atoms with van der Waals surface area (Å²) in [5.41, 5.74) is 4.83. The van der Waals surface area contributed by atoms with E-state index in [9.17, 15) is 4.79 Å². The predicted octanol–water partition coefficient (Wildman–Crippen LogP) is 0.718. The molecule has 1 aliphatic carbocycles. The van der Waals surface area contributed by atoms with Crippen molar-refractivity contribution in [2.45, 2.75) is 31.7 Å². The van der Waals surface area contributed by atoms with Crippen LogP contribution in [0.25, 0.3) is 0 Å². The smallest absolute Gasteiger partial charge is 0.353 e. The monoisotopic (exact) mass is 194 g/mol. The normalized spacial score (nSPS) is 35.0. The van der Waals surface area contributed by atoms with Gasteiger partial charge in [-0.25, -0.2) is 10.2 Å². The molecule has 4 nitrogen and oxygen atoms in total. The fraction of sp³-hybridized carbons (Fsp3) is 0.700. The van der Waals surface area contributed by atoms with Gasteiger partial charge in [0.25, 0.3) is 0 Å². The standard InChI is InChI=1S/C10H14N2O2/c13-10(14)9-7-4-2-1-3-6(7)8-5-11-12(8)9/h6,8,11H,1-5H2,(H,13,14). The topological polar surface area (TPSA) is 52.6 Å². The van der Waals surface area contributed by atoms with Crippen molar-refractivity contribution in [1.82, 2.24) is 10.4 Å². The van der Waals surface area contributed by atoms with Crippen LogP contribution in [-0.2, 0) is 4.79 Å². The number of nitrogens with one attached hydrogen (secondary N) is 1. The van der Waals surface area contributed by atoms with Crippen LogP contribution in [0.2, 0.25) is 0 Å². The first kappa shape index (κ1) is 8.29. The zero-order valence-corrected chi connectivity index (χ0v) is 7.99. The van der Waals surface area contributed by atoms with Crippen LogP contribution in [0.5, 0.6) is 0 Å². The Balaban J connectivity index is 2.00. The molecule has 14 heavy (non-hydrogen) atoms. The Morgan fingerprint density at radius 3 is 3.00 bits per heavy atom. The molecule has 0 aromatic rings. The molecule has 2 aliphatic heterocycles. The molecule has 2 heterocycles. The summed E-state index contributed by atoms with van der Waals surface area (Å²) in [5, 5.41) is 11.0. The zero-order chi connectivity index (χ0) is 9.71. The van der Waals surface area contributed by atoms with Gasteiger partial charge in [-0.05, 0) is 24.8 Å². The predicted molar refractivity (Wildman–Crippen MR) is 50.2 cm³/mol. The van der Waals surface area contributed by atoms with E-state index in [2.05, 4.69) is 5.43 Å². The maximum Gasteiger partial charge on any atom is 0.353 e. The minimum absolute atomic E-state index is 0.441. The van der Waals surface area contributed by atoms with Crippen molar-refractivity contribution < 1.29 is 9.90 Å². The number of carbonyl (C=O) groups is 1.